The molecule has 0 amide bonds. The summed E-state index contributed by atoms with van der Waals surface area (Å²) in [6.07, 6.45) is 0.923. The lowest BCUT2D eigenvalue weighted by molar-refractivity contribution is 0.910. The van der Waals surface area contributed by atoms with E-state index in [0.717, 1.165) is 35.6 Å². The van der Waals surface area contributed by atoms with Crippen LogP contribution in [0.15, 0.2) is 24.3 Å². The van der Waals surface area contributed by atoms with E-state index in [4.69, 9.17) is 11.1 Å². The Morgan fingerprint density at radius 2 is 2.22 bits per heavy atom. The highest BCUT2D eigenvalue weighted by Gasteiger charge is 2.24. The number of nitrogen functional groups attached to an aromatic ring is 1. The first-order chi connectivity index (χ1) is 8.68. The molecule has 0 saturated carbocycles. The Hall–Kier alpha value is -2.30. The summed E-state index contributed by atoms with van der Waals surface area (Å²) in [5.74, 6) is 0.807. The molecule has 0 spiro atoms. The van der Waals surface area contributed by atoms with Crippen molar-refractivity contribution in [1.82, 2.24) is 9.78 Å². The van der Waals surface area contributed by atoms with E-state index in [9.17, 15) is 0 Å². The molecule has 1 aliphatic rings. The zero-order valence-corrected chi connectivity index (χ0v) is 10.2. The maximum Gasteiger partial charge on any atom is 0.215 e. The SMILES string of the molecule is Cc1ccccc1-c1nn(C(=N)N)c2c1CCN2. The number of rotatable bonds is 1. The number of aromatic nitrogens is 2. The summed E-state index contributed by atoms with van der Waals surface area (Å²) in [6, 6.07) is 8.14. The molecule has 1 aromatic carbocycles. The molecule has 0 aliphatic carbocycles. The van der Waals surface area contributed by atoms with Crippen LogP contribution >= 0.6 is 0 Å². The summed E-state index contributed by atoms with van der Waals surface area (Å²) >= 11 is 0. The average Bonchev–Trinajstić information content (AvgIpc) is 2.90. The molecule has 5 heteroatoms. The summed E-state index contributed by atoms with van der Waals surface area (Å²) in [6.45, 7) is 2.94. The molecule has 1 aliphatic heterocycles. The van der Waals surface area contributed by atoms with Crippen LogP contribution in [0, 0.1) is 12.3 Å². The van der Waals surface area contributed by atoms with Gasteiger partial charge in [-0.1, -0.05) is 24.3 Å². The second-order valence-electron chi connectivity index (χ2n) is 4.46. The number of hydrogen-bond donors (Lipinski definition) is 3. The van der Waals surface area contributed by atoms with Gasteiger partial charge in [0.2, 0.25) is 5.96 Å². The molecular formula is C13H15N5. The molecule has 0 bridgehead atoms. The molecule has 0 saturated heterocycles. The van der Waals surface area contributed by atoms with Crippen LogP contribution in [0.2, 0.25) is 0 Å². The van der Waals surface area contributed by atoms with Crippen molar-refractivity contribution in [2.45, 2.75) is 13.3 Å². The first-order valence-corrected chi connectivity index (χ1v) is 5.94. The van der Waals surface area contributed by atoms with Crippen molar-refractivity contribution in [3.63, 3.8) is 0 Å². The third-order valence-electron chi connectivity index (χ3n) is 3.28. The molecule has 0 atom stereocenters. The molecule has 5 nitrogen and oxygen atoms in total. The number of fused-ring (bicyclic) bond motifs is 1. The van der Waals surface area contributed by atoms with Gasteiger partial charge in [0.05, 0.1) is 5.69 Å². The van der Waals surface area contributed by atoms with Crippen LogP contribution < -0.4 is 11.1 Å². The van der Waals surface area contributed by atoms with Crippen LogP contribution in [0.4, 0.5) is 5.82 Å². The fourth-order valence-corrected chi connectivity index (χ4v) is 2.40. The second-order valence-corrected chi connectivity index (χ2v) is 4.46. The summed E-state index contributed by atoms with van der Waals surface area (Å²) in [5.41, 5.74) is 9.94. The Morgan fingerprint density at radius 3 is 2.94 bits per heavy atom. The van der Waals surface area contributed by atoms with Crippen LogP contribution in [0.25, 0.3) is 11.3 Å². The van der Waals surface area contributed by atoms with Gasteiger partial charge in [-0.05, 0) is 18.9 Å². The van der Waals surface area contributed by atoms with Crippen LogP contribution in [-0.4, -0.2) is 22.3 Å². The number of nitrogens with two attached hydrogens (primary N) is 1. The van der Waals surface area contributed by atoms with Gasteiger partial charge in [0.1, 0.15) is 5.82 Å². The average molecular weight is 241 g/mol. The highest BCUT2D eigenvalue weighted by atomic mass is 15.4. The fourth-order valence-electron chi connectivity index (χ4n) is 2.40. The number of anilines is 1. The van der Waals surface area contributed by atoms with Gasteiger partial charge >= 0.3 is 0 Å². The number of hydrogen-bond acceptors (Lipinski definition) is 3. The van der Waals surface area contributed by atoms with E-state index in [0.29, 0.717) is 0 Å². The monoisotopic (exact) mass is 241 g/mol. The van der Waals surface area contributed by atoms with Crippen molar-refractivity contribution in [2.24, 2.45) is 5.73 Å². The van der Waals surface area contributed by atoms with E-state index >= 15 is 0 Å². The summed E-state index contributed by atoms with van der Waals surface area (Å²) in [5, 5.41) is 15.3. The lowest BCUT2D eigenvalue weighted by Gasteiger charge is -2.04. The number of nitrogens with one attached hydrogen (secondary N) is 2. The maximum atomic E-state index is 7.57. The van der Waals surface area contributed by atoms with E-state index in [2.05, 4.69) is 29.5 Å². The van der Waals surface area contributed by atoms with Crippen molar-refractivity contribution < 1.29 is 0 Å². The molecular weight excluding hydrogens is 226 g/mol. The van der Waals surface area contributed by atoms with Gasteiger partial charge in [0.25, 0.3) is 0 Å². The summed E-state index contributed by atoms with van der Waals surface area (Å²) in [4.78, 5) is 0. The van der Waals surface area contributed by atoms with Crippen LogP contribution in [0.5, 0.6) is 0 Å². The van der Waals surface area contributed by atoms with Gasteiger partial charge in [0.15, 0.2) is 0 Å². The van der Waals surface area contributed by atoms with Gasteiger partial charge in [-0.25, -0.2) is 0 Å². The summed E-state index contributed by atoms with van der Waals surface area (Å²) in [7, 11) is 0. The molecule has 0 unspecified atom stereocenters. The highest BCUT2D eigenvalue weighted by Crippen LogP contribution is 2.33. The van der Waals surface area contributed by atoms with E-state index in [1.54, 1.807) is 0 Å². The molecule has 18 heavy (non-hydrogen) atoms. The van der Waals surface area contributed by atoms with Gasteiger partial charge in [-0.3, -0.25) is 5.41 Å². The summed E-state index contributed by atoms with van der Waals surface area (Å²) < 4.78 is 1.48. The quantitative estimate of drug-likeness (QED) is 0.523. The number of benzene rings is 1. The second kappa shape index (κ2) is 3.87. The molecule has 2 aromatic rings. The predicted octanol–water partition coefficient (Wildman–Crippen LogP) is 1.57. The minimum atomic E-state index is -0.0551. The Kier molecular flexibility index (Phi) is 2.33. The predicted molar refractivity (Wildman–Crippen MR) is 71.9 cm³/mol. The minimum Gasteiger partial charge on any atom is -0.369 e. The Morgan fingerprint density at radius 1 is 1.44 bits per heavy atom. The third-order valence-corrected chi connectivity index (χ3v) is 3.28. The lowest BCUT2D eigenvalue weighted by Crippen LogP contribution is -2.23. The fraction of sp³-hybridized carbons (Fsp3) is 0.231. The maximum absolute atomic E-state index is 7.57. The van der Waals surface area contributed by atoms with Gasteiger partial charge in [-0.15, -0.1) is 0 Å². The Labute approximate surface area is 105 Å². The van der Waals surface area contributed by atoms with Crippen molar-refractivity contribution in [3.05, 3.63) is 35.4 Å². The van der Waals surface area contributed by atoms with E-state index in [-0.39, 0.29) is 5.96 Å². The van der Waals surface area contributed by atoms with Crippen molar-refractivity contribution in [2.75, 3.05) is 11.9 Å². The molecule has 2 heterocycles. The standard InChI is InChI=1S/C13H15N5/c1-8-4-2-3-5-9(8)11-10-6-7-16-12(10)18(17-11)13(14)15/h2-5,16H,6-7H2,1H3,(H3,14,15). The molecule has 3 rings (SSSR count). The normalized spacial score (nSPS) is 13.2. The highest BCUT2D eigenvalue weighted by molar-refractivity contribution is 5.85. The van der Waals surface area contributed by atoms with E-state index < -0.39 is 0 Å². The third kappa shape index (κ3) is 1.48. The topological polar surface area (TPSA) is 79.7 Å². The molecule has 0 radical (unpaired) electrons. The lowest BCUT2D eigenvalue weighted by atomic mass is 10.0. The van der Waals surface area contributed by atoms with E-state index in [1.165, 1.54) is 10.2 Å². The largest absolute Gasteiger partial charge is 0.369 e. The number of aryl methyl sites for hydroxylation is 1. The molecule has 92 valence electrons. The number of nitrogens with zero attached hydrogens (tertiary/aromatic N) is 2. The van der Waals surface area contributed by atoms with Crippen molar-refractivity contribution in [3.8, 4) is 11.3 Å². The van der Waals surface area contributed by atoms with Gasteiger partial charge < -0.3 is 11.1 Å². The smallest absolute Gasteiger partial charge is 0.215 e. The van der Waals surface area contributed by atoms with Crippen LogP contribution in [0.3, 0.4) is 0 Å². The molecule has 4 N–H and O–H groups in total. The van der Waals surface area contributed by atoms with Crippen molar-refractivity contribution >= 4 is 11.8 Å². The zero-order valence-electron chi connectivity index (χ0n) is 10.2. The molecule has 1 aromatic heterocycles. The first-order valence-electron chi connectivity index (χ1n) is 5.94. The molecule has 0 fully saturated rings. The first kappa shape index (κ1) is 10.8. The van der Waals surface area contributed by atoms with Crippen LogP contribution in [0.1, 0.15) is 11.1 Å². The van der Waals surface area contributed by atoms with Crippen LogP contribution in [-0.2, 0) is 6.42 Å². The van der Waals surface area contributed by atoms with E-state index in [1.807, 2.05) is 12.1 Å². The minimum absolute atomic E-state index is 0.0551. The van der Waals surface area contributed by atoms with Crippen molar-refractivity contribution in [1.29, 1.82) is 5.41 Å². The Bertz CT molecular complexity index is 626. The van der Waals surface area contributed by atoms with Gasteiger partial charge in [-0.2, -0.15) is 9.78 Å². The zero-order chi connectivity index (χ0) is 12.7. The van der Waals surface area contributed by atoms with Gasteiger partial charge in [0, 0.05) is 17.7 Å². The Balaban J connectivity index is 2.23.